The number of carbonyl (C=O) groups is 1. The van der Waals surface area contributed by atoms with Crippen LogP contribution in [0.15, 0.2) is 42.9 Å². The van der Waals surface area contributed by atoms with Crippen molar-refractivity contribution in [1.29, 1.82) is 0 Å². The molecule has 0 spiro atoms. The van der Waals surface area contributed by atoms with Crippen molar-refractivity contribution >= 4 is 5.91 Å². The van der Waals surface area contributed by atoms with Gasteiger partial charge in [-0.3, -0.25) is 9.89 Å². The van der Waals surface area contributed by atoms with Crippen LogP contribution in [0.2, 0.25) is 0 Å². The Labute approximate surface area is 135 Å². The van der Waals surface area contributed by atoms with E-state index in [1.807, 2.05) is 0 Å². The molecule has 0 fully saturated rings. The minimum absolute atomic E-state index is 0.000885. The van der Waals surface area contributed by atoms with Crippen molar-refractivity contribution in [2.24, 2.45) is 0 Å². The third kappa shape index (κ3) is 3.57. The molecule has 3 rings (SSSR count). The Hall–Kier alpha value is -3.23. The van der Waals surface area contributed by atoms with Crippen molar-refractivity contribution < 1.29 is 18.3 Å². The summed E-state index contributed by atoms with van der Waals surface area (Å²) >= 11 is 0. The van der Waals surface area contributed by atoms with Crippen molar-refractivity contribution in [3.05, 3.63) is 54.2 Å². The molecule has 1 aromatic carbocycles. The fourth-order valence-electron chi connectivity index (χ4n) is 2.16. The lowest BCUT2D eigenvalue weighted by molar-refractivity contribution is -0.0498. The monoisotopic (exact) mass is 333 g/mol. The van der Waals surface area contributed by atoms with E-state index in [9.17, 15) is 13.6 Å². The zero-order valence-corrected chi connectivity index (χ0v) is 12.3. The van der Waals surface area contributed by atoms with E-state index in [4.69, 9.17) is 0 Å². The second kappa shape index (κ2) is 6.90. The summed E-state index contributed by atoms with van der Waals surface area (Å²) < 4.78 is 29.0. The molecule has 0 saturated carbocycles. The number of carbonyl (C=O) groups excluding carboxylic acids is 1. The van der Waals surface area contributed by atoms with Crippen LogP contribution in [0.5, 0.6) is 5.75 Å². The van der Waals surface area contributed by atoms with E-state index in [1.54, 1.807) is 24.5 Å². The molecule has 1 amide bonds. The van der Waals surface area contributed by atoms with Gasteiger partial charge in [-0.25, -0.2) is 4.98 Å². The molecule has 124 valence electrons. The van der Waals surface area contributed by atoms with Gasteiger partial charge in [0.15, 0.2) is 0 Å². The number of hydrogen-bond acceptors (Lipinski definition) is 4. The quantitative estimate of drug-likeness (QED) is 0.645. The first kappa shape index (κ1) is 15.7. The number of nitrogens with zero attached hydrogens (tertiary/aromatic N) is 2. The van der Waals surface area contributed by atoms with Gasteiger partial charge >= 0.3 is 6.61 Å². The number of alkyl halides is 2. The molecule has 3 N–H and O–H groups in total. The summed E-state index contributed by atoms with van der Waals surface area (Å²) in [5, 5.41) is 9.26. The Morgan fingerprint density at radius 1 is 1.38 bits per heavy atom. The molecule has 2 heterocycles. The number of amides is 1. The highest BCUT2D eigenvalue weighted by atomic mass is 19.3. The zero-order chi connectivity index (χ0) is 16.9. The minimum atomic E-state index is -2.92. The van der Waals surface area contributed by atoms with Gasteiger partial charge in [0.1, 0.15) is 11.6 Å². The summed E-state index contributed by atoms with van der Waals surface area (Å²) in [6.45, 7) is -2.69. The maximum absolute atomic E-state index is 12.3. The van der Waals surface area contributed by atoms with Crippen molar-refractivity contribution in [2.45, 2.75) is 13.2 Å². The van der Waals surface area contributed by atoms with Gasteiger partial charge in [0.2, 0.25) is 0 Å². The van der Waals surface area contributed by atoms with Crippen LogP contribution in [-0.2, 0) is 6.54 Å². The second-order valence-corrected chi connectivity index (χ2v) is 4.78. The van der Waals surface area contributed by atoms with Crippen LogP contribution < -0.4 is 10.1 Å². The van der Waals surface area contributed by atoms with Gasteiger partial charge in [-0.1, -0.05) is 12.1 Å². The Morgan fingerprint density at radius 2 is 2.25 bits per heavy atom. The molecule has 0 bridgehead atoms. The number of H-pyrrole nitrogens is 2. The molecule has 0 saturated heterocycles. The largest absolute Gasteiger partial charge is 0.435 e. The topological polar surface area (TPSA) is 95.7 Å². The Balaban J connectivity index is 1.78. The first-order valence-corrected chi connectivity index (χ1v) is 6.98. The summed E-state index contributed by atoms with van der Waals surface area (Å²) in [6.07, 6.45) is 4.60. The second-order valence-electron chi connectivity index (χ2n) is 4.78. The highest BCUT2D eigenvalue weighted by Gasteiger charge is 2.16. The summed E-state index contributed by atoms with van der Waals surface area (Å²) in [7, 11) is 0. The number of halogens is 2. The molecular weight excluding hydrogens is 320 g/mol. The lowest BCUT2D eigenvalue weighted by Gasteiger charge is -2.07. The van der Waals surface area contributed by atoms with Crippen LogP contribution in [0.3, 0.4) is 0 Å². The molecular formula is C15H13F2N5O2. The summed E-state index contributed by atoms with van der Waals surface area (Å²) in [5.41, 5.74) is 1.20. The maximum atomic E-state index is 12.3. The van der Waals surface area contributed by atoms with Gasteiger partial charge in [-0.15, -0.1) is 0 Å². The molecule has 0 atom stereocenters. The average Bonchev–Trinajstić information content (AvgIpc) is 3.23. The molecule has 9 heteroatoms. The number of aromatic amines is 2. The van der Waals surface area contributed by atoms with Crippen LogP contribution in [-0.4, -0.2) is 32.7 Å². The summed E-state index contributed by atoms with van der Waals surface area (Å²) in [6, 6.07) is 6.03. The molecule has 0 aliphatic heterocycles. The van der Waals surface area contributed by atoms with Gasteiger partial charge in [0, 0.05) is 18.0 Å². The third-order valence-electron chi connectivity index (χ3n) is 3.20. The van der Waals surface area contributed by atoms with E-state index < -0.39 is 6.61 Å². The molecule has 7 nitrogen and oxygen atoms in total. The van der Waals surface area contributed by atoms with E-state index in [0.29, 0.717) is 17.1 Å². The number of imidazole rings is 1. The third-order valence-corrected chi connectivity index (χ3v) is 3.20. The number of benzene rings is 1. The highest BCUT2D eigenvalue weighted by molar-refractivity contribution is 5.99. The molecule has 0 aliphatic rings. The van der Waals surface area contributed by atoms with Crippen LogP contribution >= 0.6 is 0 Å². The standard InChI is InChI=1S/C15H13F2N5O2/c16-15(17)24-10-3-1-2-9(6-10)13-11(7-21-22-13)14(23)20-8-12-18-4-5-19-12/h1-7,15H,8H2,(H,18,19)(H,20,23)(H,21,22). The lowest BCUT2D eigenvalue weighted by Crippen LogP contribution is -2.23. The fraction of sp³-hybridized carbons (Fsp3) is 0.133. The normalized spacial score (nSPS) is 10.8. The predicted octanol–water partition coefficient (Wildman–Crippen LogP) is 2.33. The van der Waals surface area contributed by atoms with Crippen molar-refractivity contribution in [2.75, 3.05) is 0 Å². The number of ether oxygens (including phenoxy) is 1. The van der Waals surface area contributed by atoms with E-state index in [-0.39, 0.29) is 23.8 Å². The SMILES string of the molecule is O=C(NCc1ncc[nH]1)c1cn[nH]c1-c1cccc(OC(F)F)c1. The Bertz CT molecular complexity index is 817. The molecule has 2 aromatic heterocycles. The number of nitrogens with one attached hydrogen (secondary N) is 3. The predicted molar refractivity (Wildman–Crippen MR) is 80.4 cm³/mol. The van der Waals surface area contributed by atoms with Crippen molar-refractivity contribution in [3.8, 4) is 17.0 Å². The molecule has 0 unspecified atom stereocenters. The summed E-state index contributed by atoms with van der Waals surface area (Å²) in [4.78, 5) is 19.2. The number of hydrogen-bond donors (Lipinski definition) is 3. The van der Waals surface area contributed by atoms with Crippen LogP contribution in [0, 0.1) is 0 Å². The molecule has 0 radical (unpaired) electrons. The molecule has 0 aliphatic carbocycles. The van der Waals surface area contributed by atoms with Gasteiger partial charge in [-0.05, 0) is 12.1 Å². The smallest absolute Gasteiger partial charge is 0.387 e. The zero-order valence-electron chi connectivity index (χ0n) is 12.3. The van der Waals surface area contributed by atoms with Gasteiger partial charge in [-0.2, -0.15) is 13.9 Å². The highest BCUT2D eigenvalue weighted by Crippen LogP contribution is 2.26. The minimum Gasteiger partial charge on any atom is -0.435 e. The van der Waals surface area contributed by atoms with E-state index in [2.05, 4.69) is 30.2 Å². The van der Waals surface area contributed by atoms with Crippen LogP contribution in [0.1, 0.15) is 16.2 Å². The lowest BCUT2D eigenvalue weighted by atomic mass is 10.1. The summed E-state index contributed by atoms with van der Waals surface area (Å²) in [5.74, 6) is 0.245. The molecule has 24 heavy (non-hydrogen) atoms. The van der Waals surface area contributed by atoms with Gasteiger partial charge < -0.3 is 15.0 Å². The van der Waals surface area contributed by atoms with Crippen molar-refractivity contribution in [1.82, 2.24) is 25.5 Å². The first-order valence-electron chi connectivity index (χ1n) is 6.98. The maximum Gasteiger partial charge on any atom is 0.387 e. The number of aromatic nitrogens is 4. The van der Waals surface area contributed by atoms with E-state index in [0.717, 1.165) is 0 Å². The van der Waals surface area contributed by atoms with Gasteiger partial charge in [0.05, 0.1) is 24.0 Å². The van der Waals surface area contributed by atoms with E-state index in [1.165, 1.54) is 18.3 Å². The number of rotatable bonds is 6. The Morgan fingerprint density at radius 3 is 3.00 bits per heavy atom. The van der Waals surface area contributed by atoms with Gasteiger partial charge in [0.25, 0.3) is 5.91 Å². The average molecular weight is 333 g/mol. The van der Waals surface area contributed by atoms with Crippen molar-refractivity contribution in [3.63, 3.8) is 0 Å². The first-order chi connectivity index (χ1) is 11.6. The Kier molecular flexibility index (Phi) is 4.50. The van der Waals surface area contributed by atoms with Crippen LogP contribution in [0.25, 0.3) is 11.3 Å². The van der Waals surface area contributed by atoms with E-state index >= 15 is 0 Å². The fourth-order valence-corrected chi connectivity index (χ4v) is 2.16. The van der Waals surface area contributed by atoms with Crippen LogP contribution in [0.4, 0.5) is 8.78 Å². The molecule has 3 aromatic rings.